The van der Waals surface area contributed by atoms with Gasteiger partial charge in [0.25, 0.3) is 0 Å². The molecule has 1 aliphatic heterocycles. The fourth-order valence-electron chi connectivity index (χ4n) is 7.83. The van der Waals surface area contributed by atoms with Crippen LogP contribution < -0.4 is 42.0 Å². The maximum atomic E-state index is 14.5. The molecule has 49 heavy (non-hydrogen) atoms. The van der Waals surface area contributed by atoms with Crippen LogP contribution in [0.15, 0.2) is 121 Å². The SMILES string of the molecule is Cc1ccc2c(c1)Nc1cc(C)ccc1[PH](C)(c1ccc(F)cc1)c1ccc(C)cc1N(C)c1cc(C)ccc1[PH]2(C)c1ccc(F)cc1. The monoisotopic (exact) mass is 688 g/mol. The summed E-state index contributed by atoms with van der Waals surface area (Å²) in [4.78, 5) is 2.38. The van der Waals surface area contributed by atoms with E-state index < -0.39 is 14.5 Å². The summed E-state index contributed by atoms with van der Waals surface area (Å²) in [6, 6.07) is 41.4. The van der Waals surface area contributed by atoms with Crippen LogP contribution in [0.5, 0.6) is 0 Å². The Kier molecular flexibility index (Phi) is 8.46. The zero-order valence-corrected chi connectivity index (χ0v) is 31.3. The summed E-state index contributed by atoms with van der Waals surface area (Å²) in [6.07, 6.45) is 0. The standard InChI is InChI=1S/C43H44F2N2P2/c1-28-8-20-40-36(24-28)46-37-25-29(2)9-21-41(37)49(7,35-18-14-33(45)15-19-35)43-23-11-31(4)27-39(43)47(5)38-26-30(3)10-22-42(38)48(40,6)34-16-12-32(44)13-17-34/h8-27,46,48-49H,1-7H3. The molecular weight excluding hydrogens is 644 g/mol. The van der Waals surface area contributed by atoms with Crippen molar-refractivity contribution in [3.05, 3.63) is 155 Å². The van der Waals surface area contributed by atoms with Crippen LogP contribution in [-0.4, -0.2) is 20.4 Å². The molecule has 6 aromatic carbocycles. The van der Waals surface area contributed by atoms with E-state index in [1.807, 2.05) is 24.3 Å². The molecule has 6 heteroatoms. The molecule has 0 saturated carbocycles. The van der Waals surface area contributed by atoms with E-state index >= 15 is 0 Å². The van der Waals surface area contributed by atoms with Gasteiger partial charge in [0.15, 0.2) is 0 Å². The van der Waals surface area contributed by atoms with Crippen molar-refractivity contribution in [3.63, 3.8) is 0 Å². The third kappa shape index (κ3) is 5.66. The van der Waals surface area contributed by atoms with Gasteiger partial charge in [-0.15, -0.1) is 0 Å². The van der Waals surface area contributed by atoms with Gasteiger partial charge in [-0.3, -0.25) is 0 Å². The molecule has 0 amide bonds. The van der Waals surface area contributed by atoms with Gasteiger partial charge in [-0.1, -0.05) is 0 Å². The summed E-state index contributed by atoms with van der Waals surface area (Å²) < 4.78 is 29.0. The Balaban J connectivity index is 1.67. The number of fused-ring (bicyclic) bond motifs is 4. The van der Waals surface area contributed by atoms with Crippen molar-refractivity contribution in [2.45, 2.75) is 27.7 Å². The van der Waals surface area contributed by atoms with Crippen molar-refractivity contribution in [2.24, 2.45) is 0 Å². The first kappa shape index (κ1) is 33.2. The number of rotatable bonds is 2. The average Bonchev–Trinajstić information content (AvgIpc) is 3.07. The van der Waals surface area contributed by atoms with Crippen molar-refractivity contribution in [1.82, 2.24) is 0 Å². The fraction of sp³-hybridized carbons (Fsp3) is 0.163. The molecule has 0 fully saturated rings. The fourth-order valence-corrected chi connectivity index (χ4v) is 15.8. The molecule has 0 spiro atoms. The molecular formula is C43H44F2N2P2. The van der Waals surface area contributed by atoms with E-state index in [4.69, 9.17) is 0 Å². The van der Waals surface area contributed by atoms with Crippen LogP contribution in [0, 0.1) is 39.3 Å². The van der Waals surface area contributed by atoms with Gasteiger partial charge in [0.2, 0.25) is 0 Å². The average molecular weight is 689 g/mol. The van der Waals surface area contributed by atoms with Gasteiger partial charge in [0, 0.05) is 0 Å². The van der Waals surface area contributed by atoms with Gasteiger partial charge in [0.05, 0.1) is 0 Å². The quantitative estimate of drug-likeness (QED) is 0.184. The number of nitrogens with one attached hydrogen (secondary N) is 1. The van der Waals surface area contributed by atoms with Crippen LogP contribution >= 0.6 is 14.5 Å². The minimum absolute atomic E-state index is 0.239. The Morgan fingerprint density at radius 2 is 0.776 bits per heavy atom. The Labute approximate surface area is 290 Å². The van der Waals surface area contributed by atoms with Crippen LogP contribution in [0.25, 0.3) is 0 Å². The zero-order chi connectivity index (χ0) is 34.7. The van der Waals surface area contributed by atoms with Crippen LogP contribution in [-0.2, 0) is 0 Å². The summed E-state index contributed by atoms with van der Waals surface area (Å²) in [7, 11) is -3.45. The summed E-state index contributed by atoms with van der Waals surface area (Å²) in [6.45, 7) is 13.4. The second kappa shape index (κ2) is 12.5. The second-order valence-corrected chi connectivity index (χ2v) is 21.9. The molecule has 1 heterocycles. The molecule has 6 aromatic rings. The Hall–Kier alpha value is -4.36. The molecule has 0 unspecified atom stereocenters. The molecule has 1 aliphatic rings. The van der Waals surface area contributed by atoms with E-state index in [0.29, 0.717) is 0 Å². The first-order valence-electron chi connectivity index (χ1n) is 16.9. The van der Waals surface area contributed by atoms with Crippen molar-refractivity contribution in [2.75, 3.05) is 30.6 Å². The second-order valence-electron chi connectivity index (χ2n) is 14.1. The van der Waals surface area contributed by atoms with Crippen LogP contribution in [0.4, 0.5) is 31.5 Å². The van der Waals surface area contributed by atoms with E-state index in [-0.39, 0.29) is 11.6 Å². The van der Waals surface area contributed by atoms with Crippen LogP contribution in [0.2, 0.25) is 0 Å². The number of hydrogen-bond donors (Lipinski definition) is 1. The molecule has 1 N–H and O–H groups in total. The summed E-state index contributed by atoms with van der Waals surface area (Å²) in [5.74, 6) is -0.478. The van der Waals surface area contributed by atoms with Gasteiger partial charge < -0.3 is 0 Å². The normalized spacial score (nSPS) is 16.0. The Morgan fingerprint density at radius 3 is 1.14 bits per heavy atom. The number of benzene rings is 6. The molecule has 0 bridgehead atoms. The van der Waals surface area contributed by atoms with Crippen LogP contribution in [0.3, 0.4) is 0 Å². The van der Waals surface area contributed by atoms with Crippen molar-refractivity contribution >= 4 is 69.1 Å². The number of anilines is 4. The van der Waals surface area contributed by atoms with Crippen LogP contribution in [0.1, 0.15) is 22.3 Å². The van der Waals surface area contributed by atoms with E-state index in [0.717, 1.165) is 44.5 Å². The summed E-state index contributed by atoms with van der Waals surface area (Å²) in [5, 5.41) is 11.2. The predicted molar refractivity (Wildman–Crippen MR) is 215 cm³/mol. The number of hydrogen-bond acceptors (Lipinski definition) is 2. The van der Waals surface area contributed by atoms with E-state index in [1.54, 1.807) is 24.3 Å². The molecule has 0 saturated heterocycles. The summed E-state index contributed by atoms with van der Waals surface area (Å²) >= 11 is 0. The Bertz CT molecular complexity index is 2060. The molecule has 2 nitrogen and oxygen atoms in total. The van der Waals surface area contributed by atoms with Gasteiger partial charge in [0.1, 0.15) is 0 Å². The van der Waals surface area contributed by atoms with E-state index in [1.165, 1.54) is 32.3 Å². The van der Waals surface area contributed by atoms with Crippen molar-refractivity contribution in [1.29, 1.82) is 0 Å². The zero-order valence-electron chi connectivity index (χ0n) is 29.3. The maximum absolute atomic E-state index is 14.5. The molecule has 0 aliphatic carbocycles. The number of halogens is 2. The summed E-state index contributed by atoms with van der Waals surface area (Å²) in [5.41, 5.74) is 9.04. The predicted octanol–water partition coefficient (Wildman–Crippen LogP) is 8.34. The third-order valence-corrected chi connectivity index (χ3v) is 19.6. The van der Waals surface area contributed by atoms with E-state index in [9.17, 15) is 8.78 Å². The Morgan fingerprint density at radius 1 is 0.449 bits per heavy atom. The van der Waals surface area contributed by atoms with Gasteiger partial charge in [-0.2, -0.15) is 0 Å². The molecule has 250 valence electrons. The minimum atomic E-state index is -2.82. The molecule has 0 radical (unpaired) electrons. The first-order chi connectivity index (χ1) is 23.4. The molecule has 0 atom stereocenters. The number of nitrogens with zero attached hydrogens (tertiary/aromatic N) is 1. The third-order valence-electron chi connectivity index (χ3n) is 10.6. The molecule has 7 rings (SSSR count). The van der Waals surface area contributed by atoms with Gasteiger partial charge in [-0.05, 0) is 0 Å². The topological polar surface area (TPSA) is 15.3 Å². The number of aryl methyl sites for hydroxylation is 4. The van der Waals surface area contributed by atoms with E-state index in [2.05, 4.69) is 131 Å². The van der Waals surface area contributed by atoms with Crippen molar-refractivity contribution < 1.29 is 8.78 Å². The van der Waals surface area contributed by atoms with Gasteiger partial charge in [-0.25, -0.2) is 0 Å². The first-order valence-corrected chi connectivity index (χ1v) is 21.9. The van der Waals surface area contributed by atoms with Gasteiger partial charge >= 0.3 is 291 Å². The van der Waals surface area contributed by atoms with Crippen molar-refractivity contribution in [3.8, 4) is 0 Å². The molecule has 0 aromatic heterocycles.